The Morgan fingerprint density at radius 1 is 1.11 bits per heavy atom. The number of pyridine rings is 1. The normalized spacial score (nSPS) is 15.6. The van der Waals surface area contributed by atoms with Crippen molar-refractivity contribution in [2.24, 2.45) is 0 Å². The largest absolute Gasteiger partial charge is 0.408 e. The molecule has 0 unspecified atom stereocenters. The molecule has 8 heteroatoms. The number of anilines is 1. The van der Waals surface area contributed by atoms with E-state index in [1.807, 2.05) is 38.6 Å². The lowest BCUT2D eigenvalue weighted by molar-refractivity contribution is 0.0741. The van der Waals surface area contributed by atoms with E-state index < -0.39 is 0 Å². The first-order valence-corrected chi connectivity index (χ1v) is 9.16. The van der Waals surface area contributed by atoms with E-state index in [1.54, 1.807) is 6.92 Å². The van der Waals surface area contributed by atoms with Crippen molar-refractivity contribution < 1.29 is 9.21 Å². The van der Waals surface area contributed by atoms with Gasteiger partial charge in [0, 0.05) is 44.7 Å². The highest BCUT2D eigenvalue weighted by Gasteiger charge is 2.30. The Morgan fingerprint density at radius 2 is 1.85 bits per heavy atom. The zero-order valence-corrected chi connectivity index (χ0v) is 16.1. The summed E-state index contributed by atoms with van der Waals surface area (Å²) >= 11 is 0. The van der Waals surface area contributed by atoms with Gasteiger partial charge in [-0.25, -0.2) is 4.98 Å². The highest BCUT2D eigenvalue weighted by molar-refractivity contribution is 5.99. The molecule has 3 aromatic rings. The second-order valence-electron chi connectivity index (χ2n) is 7.87. The predicted molar refractivity (Wildman–Crippen MR) is 101 cm³/mol. The van der Waals surface area contributed by atoms with Crippen LogP contribution >= 0.6 is 0 Å². The van der Waals surface area contributed by atoms with Gasteiger partial charge in [-0.15, -0.1) is 5.10 Å². The number of aryl methyl sites for hydroxylation is 1. The van der Waals surface area contributed by atoms with Gasteiger partial charge in [-0.05, 0) is 12.1 Å². The maximum Gasteiger partial charge on any atom is 0.318 e. The van der Waals surface area contributed by atoms with Gasteiger partial charge in [0.05, 0.1) is 5.52 Å². The number of rotatable bonds is 2. The molecule has 0 radical (unpaired) electrons. The van der Waals surface area contributed by atoms with Gasteiger partial charge >= 0.3 is 6.01 Å². The molecule has 1 saturated heterocycles. The number of hydrogen-bond donors (Lipinski definition) is 0. The maximum atomic E-state index is 13.2. The minimum atomic E-state index is -0.155. The lowest BCUT2D eigenvalue weighted by Gasteiger charge is -2.33. The Bertz CT molecular complexity index is 976. The number of piperazine rings is 1. The van der Waals surface area contributed by atoms with Crippen molar-refractivity contribution in [3.05, 3.63) is 41.8 Å². The monoisotopic (exact) mass is 368 g/mol. The molecule has 4 heterocycles. The molecule has 0 aromatic carbocycles. The van der Waals surface area contributed by atoms with Crippen LogP contribution in [0, 0.1) is 6.92 Å². The first-order chi connectivity index (χ1) is 12.8. The number of aromatic nitrogens is 4. The van der Waals surface area contributed by atoms with Gasteiger partial charge in [0.2, 0.25) is 5.89 Å². The van der Waals surface area contributed by atoms with Crippen molar-refractivity contribution in [1.29, 1.82) is 0 Å². The summed E-state index contributed by atoms with van der Waals surface area (Å²) in [5.74, 6) is 1.40. The maximum absolute atomic E-state index is 13.2. The van der Waals surface area contributed by atoms with Crippen LogP contribution in [0.2, 0.25) is 0 Å². The average Bonchev–Trinajstić information content (AvgIpc) is 3.25. The van der Waals surface area contributed by atoms with Gasteiger partial charge in [0.1, 0.15) is 5.82 Å². The third-order valence-corrected chi connectivity index (χ3v) is 4.77. The zero-order valence-electron chi connectivity index (χ0n) is 16.1. The Labute approximate surface area is 157 Å². The van der Waals surface area contributed by atoms with E-state index >= 15 is 0 Å². The summed E-state index contributed by atoms with van der Waals surface area (Å²) < 4.78 is 7.50. The predicted octanol–water partition coefficient (Wildman–Crippen LogP) is 2.29. The molecule has 142 valence electrons. The number of amides is 1. The highest BCUT2D eigenvalue weighted by Crippen LogP contribution is 2.25. The van der Waals surface area contributed by atoms with E-state index in [9.17, 15) is 4.79 Å². The van der Waals surface area contributed by atoms with Gasteiger partial charge in [0.25, 0.3) is 5.91 Å². The molecular weight excluding hydrogens is 344 g/mol. The number of carbonyl (C=O) groups excluding carboxylic acids is 1. The fourth-order valence-corrected chi connectivity index (χ4v) is 3.39. The summed E-state index contributed by atoms with van der Waals surface area (Å²) in [6.45, 7) is 10.6. The summed E-state index contributed by atoms with van der Waals surface area (Å²) in [5.41, 5.74) is 1.21. The van der Waals surface area contributed by atoms with Gasteiger partial charge in [-0.2, -0.15) is 0 Å². The molecule has 27 heavy (non-hydrogen) atoms. The molecule has 0 saturated carbocycles. The summed E-state index contributed by atoms with van der Waals surface area (Å²) in [7, 11) is 0. The van der Waals surface area contributed by atoms with E-state index in [0.717, 1.165) is 11.3 Å². The Balaban J connectivity index is 1.57. The minimum absolute atomic E-state index is 0.0319. The smallest absolute Gasteiger partial charge is 0.318 e. The van der Waals surface area contributed by atoms with Crippen molar-refractivity contribution in [3.8, 4) is 0 Å². The van der Waals surface area contributed by atoms with Crippen LogP contribution in [0.5, 0.6) is 0 Å². The van der Waals surface area contributed by atoms with Gasteiger partial charge in [-0.3, -0.25) is 4.79 Å². The first kappa shape index (κ1) is 17.5. The molecule has 3 aromatic heterocycles. The third kappa shape index (κ3) is 3.15. The van der Waals surface area contributed by atoms with Crippen LogP contribution in [0.15, 0.2) is 28.8 Å². The van der Waals surface area contributed by atoms with Gasteiger partial charge in [0.15, 0.2) is 5.69 Å². The fourth-order valence-electron chi connectivity index (χ4n) is 3.39. The molecule has 1 fully saturated rings. The summed E-state index contributed by atoms with van der Waals surface area (Å²) in [5, 5.41) is 7.93. The van der Waals surface area contributed by atoms with Crippen molar-refractivity contribution in [3.63, 3.8) is 0 Å². The Morgan fingerprint density at radius 3 is 2.48 bits per heavy atom. The fraction of sp³-hybridized carbons (Fsp3) is 0.474. The van der Waals surface area contributed by atoms with Gasteiger partial charge < -0.3 is 18.6 Å². The van der Waals surface area contributed by atoms with Crippen LogP contribution in [-0.2, 0) is 5.41 Å². The van der Waals surface area contributed by atoms with Gasteiger partial charge in [-0.1, -0.05) is 31.9 Å². The van der Waals surface area contributed by atoms with E-state index in [0.29, 0.717) is 43.8 Å². The van der Waals surface area contributed by atoms with Crippen molar-refractivity contribution >= 4 is 17.4 Å². The zero-order chi connectivity index (χ0) is 19.2. The molecule has 0 N–H and O–H groups in total. The average molecular weight is 368 g/mol. The number of nitrogens with zero attached hydrogens (tertiary/aromatic N) is 6. The van der Waals surface area contributed by atoms with Crippen molar-refractivity contribution in [2.75, 3.05) is 31.1 Å². The molecule has 0 spiro atoms. The molecule has 1 aliphatic heterocycles. The molecule has 0 aliphatic carbocycles. The van der Waals surface area contributed by atoms with Crippen LogP contribution in [-0.4, -0.2) is 56.6 Å². The van der Waals surface area contributed by atoms with Crippen LogP contribution < -0.4 is 4.90 Å². The number of carbonyl (C=O) groups is 1. The quantitative estimate of drug-likeness (QED) is 0.690. The molecule has 1 aliphatic rings. The SMILES string of the molecule is Cc1nnc(N2CCN(C(=O)c3nc(C(C)(C)C)n4ccccc34)CC2)o1. The van der Waals surface area contributed by atoms with Crippen molar-refractivity contribution in [2.45, 2.75) is 33.1 Å². The van der Waals surface area contributed by atoms with Crippen molar-refractivity contribution in [1.82, 2.24) is 24.5 Å². The topological polar surface area (TPSA) is 79.8 Å². The van der Waals surface area contributed by atoms with Crippen LogP contribution in [0.3, 0.4) is 0 Å². The van der Waals surface area contributed by atoms with E-state index in [4.69, 9.17) is 9.40 Å². The molecular formula is C19H24N6O2. The Hall–Kier alpha value is -2.90. The highest BCUT2D eigenvalue weighted by atomic mass is 16.4. The van der Waals surface area contributed by atoms with Crippen LogP contribution in [0.25, 0.3) is 5.52 Å². The molecule has 4 rings (SSSR count). The van der Waals surface area contributed by atoms with E-state index in [1.165, 1.54) is 0 Å². The standard InChI is InChI=1S/C19H24N6O2/c1-13-21-22-18(27-13)24-11-9-23(10-12-24)16(26)15-14-7-5-6-8-25(14)17(20-15)19(2,3)4/h5-8H,9-12H2,1-4H3. The molecule has 0 atom stereocenters. The number of imidazole rings is 1. The second kappa shape index (κ2) is 6.37. The lowest BCUT2D eigenvalue weighted by Crippen LogP contribution is -2.49. The Kier molecular flexibility index (Phi) is 4.13. The lowest BCUT2D eigenvalue weighted by atomic mass is 9.96. The number of hydrogen-bond acceptors (Lipinski definition) is 6. The van der Waals surface area contributed by atoms with Crippen LogP contribution in [0.4, 0.5) is 6.01 Å². The van der Waals surface area contributed by atoms with E-state index in [-0.39, 0.29) is 11.3 Å². The molecule has 8 nitrogen and oxygen atoms in total. The second-order valence-corrected chi connectivity index (χ2v) is 7.87. The summed E-state index contributed by atoms with van der Waals surface area (Å²) in [6, 6.07) is 6.37. The summed E-state index contributed by atoms with van der Waals surface area (Å²) in [4.78, 5) is 21.8. The van der Waals surface area contributed by atoms with E-state index in [2.05, 4.69) is 31.0 Å². The first-order valence-electron chi connectivity index (χ1n) is 9.16. The van der Waals surface area contributed by atoms with Crippen LogP contribution in [0.1, 0.15) is 43.0 Å². The molecule has 1 amide bonds. The third-order valence-electron chi connectivity index (χ3n) is 4.77. The number of fused-ring (bicyclic) bond motifs is 1. The summed E-state index contributed by atoms with van der Waals surface area (Å²) in [6.07, 6.45) is 1.97. The molecule has 0 bridgehead atoms. The minimum Gasteiger partial charge on any atom is -0.408 e.